The van der Waals surface area contributed by atoms with E-state index in [1.165, 1.54) is 16.7 Å². The molecule has 0 saturated carbocycles. The fraction of sp³-hybridized carbons (Fsp3) is 0.368. The minimum Gasteiger partial charge on any atom is -0.497 e. The molecule has 0 spiro atoms. The fourth-order valence-corrected chi connectivity index (χ4v) is 5.65. The molecule has 0 N–H and O–H groups in total. The maximum atomic E-state index is 12.7. The SMILES string of the molecule is CCC(/C=C1/Sc2ccc(OC)cc2N1CC)=C1/SC(=S)N(CC)C1=O. The highest BCUT2D eigenvalue weighted by Crippen LogP contribution is 2.48. The topological polar surface area (TPSA) is 32.8 Å². The monoisotopic (exact) mass is 406 g/mol. The van der Waals surface area contributed by atoms with Crippen LogP contribution in [0.15, 0.2) is 44.7 Å². The van der Waals surface area contributed by atoms with E-state index in [0.29, 0.717) is 10.9 Å². The van der Waals surface area contributed by atoms with Crippen LogP contribution in [0.2, 0.25) is 0 Å². The molecule has 1 aromatic carbocycles. The number of hydrogen-bond acceptors (Lipinski definition) is 6. The summed E-state index contributed by atoms with van der Waals surface area (Å²) in [4.78, 5) is 18.6. The van der Waals surface area contributed by atoms with Crippen LogP contribution in [0.25, 0.3) is 0 Å². The molecule has 1 aromatic rings. The Morgan fingerprint density at radius 3 is 2.50 bits per heavy atom. The van der Waals surface area contributed by atoms with Gasteiger partial charge in [-0.25, -0.2) is 0 Å². The van der Waals surface area contributed by atoms with Crippen LogP contribution in [0.4, 0.5) is 5.69 Å². The number of anilines is 1. The van der Waals surface area contributed by atoms with Crippen molar-refractivity contribution in [3.05, 3.63) is 39.8 Å². The molecule has 26 heavy (non-hydrogen) atoms. The van der Waals surface area contributed by atoms with Crippen LogP contribution >= 0.6 is 35.7 Å². The fourth-order valence-electron chi connectivity index (χ4n) is 2.99. The standard InChI is InChI=1S/C19H22N2O2S3/c1-5-12(17-18(22)21(7-3)19(24)26-17)10-16-20(6-2)14-11-13(23-4)8-9-15(14)25-16/h8-11H,5-7H2,1-4H3/b16-10+,17-12-. The molecular weight excluding hydrogens is 384 g/mol. The number of rotatable bonds is 5. The number of thioether (sulfide) groups is 2. The van der Waals surface area contributed by atoms with Crippen LogP contribution in [-0.4, -0.2) is 35.3 Å². The molecular formula is C19H22N2O2S3. The average Bonchev–Trinajstić information content (AvgIpc) is 3.14. The smallest absolute Gasteiger partial charge is 0.266 e. The van der Waals surface area contributed by atoms with Crippen molar-refractivity contribution in [1.29, 1.82) is 0 Å². The van der Waals surface area contributed by atoms with Crippen molar-refractivity contribution >= 4 is 51.7 Å². The Morgan fingerprint density at radius 1 is 1.19 bits per heavy atom. The van der Waals surface area contributed by atoms with E-state index >= 15 is 0 Å². The largest absolute Gasteiger partial charge is 0.497 e. The van der Waals surface area contributed by atoms with Gasteiger partial charge in [-0.15, -0.1) is 0 Å². The van der Waals surface area contributed by atoms with Crippen molar-refractivity contribution in [3.8, 4) is 5.75 Å². The van der Waals surface area contributed by atoms with E-state index in [9.17, 15) is 4.79 Å². The third kappa shape index (κ3) is 3.40. The molecule has 7 heteroatoms. The van der Waals surface area contributed by atoms with E-state index in [1.807, 2.05) is 13.0 Å². The van der Waals surface area contributed by atoms with Crippen molar-refractivity contribution in [2.45, 2.75) is 32.1 Å². The van der Waals surface area contributed by atoms with Gasteiger partial charge in [0.15, 0.2) is 0 Å². The normalized spacial score (nSPS) is 20.2. The lowest BCUT2D eigenvalue weighted by molar-refractivity contribution is -0.122. The van der Waals surface area contributed by atoms with Crippen molar-refractivity contribution in [3.63, 3.8) is 0 Å². The number of amides is 1. The molecule has 1 fully saturated rings. The van der Waals surface area contributed by atoms with E-state index in [4.69, 9.17) is 17.0 Å². The quantitative estimate of drug-likeness (QED) is 0.505. The van der Waals surface area contributed by atoms with Crippen LogP contribution < -0.4 is 9.64 Å². The Balaban J connectivity index is 1.99. The molecule has 3 rings (SSSR count). The highest BCUT2D eigenvalue weighted by atomic mass is 32.2. The first kappa shape index (κ1) is 19.3. The van der Waals surface area contributed by atoms with Gasteiger partial charge >= 0.3 is 0 Å². The second-order valence-corrected chi connectivity index (χ2v) is 8.49. The number of allylic oxidation sites excluding steroid dienone is 2. The first-order valence-electron chi connectivity index (χ1n) is 8.65. The molecule has 0 aromatic heterocycles. The molecule has 0 aliphatic carbocycles. The highest BCUT2D eigenvalue weighted by Gasteiger charge is 2.33. The summed E-state index contributed by atoms with van der Waals surface area (Å²) in [7, 11) is 1.68. The first-order valence-corrected chi connectivity index (χ1v) is 10.7. The molecule has 2 aliphatic heterocycles. The predicted octanol–water partition coefficient (Wildman–Crippen LogP) is 5.01. The van der Waals surface area contributed by atoms with E-state index in [-0.39, 0.29) is 5.91 Å². The summed E-state index contributed by atoms with van der Waals surface area (Å²) in [5.74, 6) is 0.880. The third-order valence-corrected chi connectivity index (χ3v) is 7.01. The lowest BCUT2D eigenvalue weighted by Gasteiger charge is -2.19. The van der Waals surface area contributed by atoms with E-state index < -0.39 is 0 Å². The number of benzene rings is 1. The molecule has 0 bridgehead atoms. The maximum Gasteiger partial charge on any atom is 0.266 e. The minimum atomic E-state index is 0.0291. The van der Waals surface area contributed by atoms with Crippen LogP contribution in [0, 0.1) is 0 Å². The summed E-state index contributed by atoms with van der Waals surface area (Å²) in [5, 5.41) is 1.13. The molecule has 0 radical (unpaired) electrons. The van der Waals surface area contributed by atoms with Crippen molar-refractivity contribution in [2.75, 3.05) is 25.1 Å². The molecule has 138 valence electrons. The number of likely N-dealkylation sites (N-methyl/N-ethyl adjacent to an activating group) is 1. The summed E-state index contributed by atoms with van der Waals surface area (Å²) in [6, 6.07) is 6.13. The molecule has 2 aliphatic rings. The van der Waals surface area contributed by atoms with Crippen LogP contribution in [0.1, 0.15) is 27.2 Å². The van der Waals surface area contributed by atoms with E-state index in [2.05, 4.69) is 37.0 Å². The summed E-state index contributed by atoms with van der Waals surface area (Å²) in [5.41, 5.74) is 2.19. The number of hydrogen-bond donors (Lipinski definition) is 0. The molecule has 1 amide bonds. The lowest BCUT2D eigenvalue weighted by atomic mass is 10.1. The Bertz CT molecular complexity index is 817. The summed E-state index contributed by atoms with van der Waals surface area (Å²) in [6.07, 6.45) is 2.93. The maximum absolute atomic E-state index is 12.7. The van der Waals surface area contributed by atoms with Crippen LogP contribution in [0.3, 0.4) is 0 Å². The second-order valence-electron chi connectivity index (χ2n) is 5.79. The molecule has 2 heterocycles. The van der Waals surface area contributed by atoms with Gasteiger partial charge in [0.1, 0.15) is 10.1 Å². The zero-order valence-electron chi connectivity index (χ0n) is 15.4. The average molecular weight is 407 g/mol. The number of fused-ring (bicyclic) bond motifs is 1. The van der Waals surface area contributed by atoms with Crippen molar-refractivity contribution in [1.82, 2.24) is 4.90 Å². The molecule has 1 saturated heterocycles. The van der Waals surface area contributed by atoms with Gasteiger partial charge in [-0.1, -0.05) is 42.7 Å². The summed E-state index contributed by atoms with van der Waals surface area (Å²) in [6.45, 7) is 7.63. The van der Waals surface area contributed by atoms with Crippen molar-refractivity contribution in [2.24, 2.45) is 0 Å². The van der Waals surface area contributed by atoms with Crippen LogP contribution in [-0.2, 0) is 4.79 Å². The lowest BCUT2D eigenvalue weighted by Crippen LogP contribution is -2.27. The summed E-state index contributed by atoms with van der Waals surface area (Å²) < 4.78 is 6.02. The summed E-state index contributed by atoms with van der Waals surface area (Å²) >= 11 is 8.50. The zero-order valence-corrected chi connectivity index (χ0v) is 17.8. The minimum absolute atomic E-state index is 0.0291. The van der Waals surface area contributed by atoms with Gasteiger partial charge in [-0.3, -0.25) is 9.69 Å². The Hall–Kier alpha value is -1.44. The van der Waals surface area contributed by atoms with Gasteiger partial charge in [0.2, 0.25) is 0 Å². The van der Waals surface area contributed by atoms with Crippen molar-refractivity contribution < 1.29 is 9.53 Å². The number of carbonyl (C=O) groups is 1. The molecule has 4 nitrogen and oxygen atoms in total. The Labute approximate surface area is 168 Å². The van der Waals surface area contributed by atoms with Gasteiger partial charge in [-0.05, 0) is 44.1 Å². The van der Waals surface area contributed by atoms with Gasteiger partial charge in [0.25, 0.3) is 5.91 Å². The van der Waals surface area contributed by atoms with E-state index in [1.54, 1.807) is 23.8 Å². The highest BCUT2D eigenvalue weighted by molar-refractivity contribution is 8.26. The first-order chi connectivity index (χ1) is 12.5. The number of carbonyl (C=O) groups excluding carboxylic acids is 1. The molecule has 0 atom stereocenters. The Morgan fingerprint density at radius 2 is 1.92 bits per heavy atom. The Kier molecular flexibility index (Phi) is 5.99. The number of methoxy groups -OCH3 is 1. The second kappa shape index (κ2) is 8.06. The number of nitrogens with zero attached hydrogens (tertiary/aromatic N) is 2. The predicted molar refractivity (Wildman–Crippen MR) is 115 cm³/mol. The third-order valence-electron chi connectivity index (χ3n) is 4.39. The van der Waals surface area contributed by atoms with E-state index in [0.717, 1.165) is 39.9 Å². The number of thiocarbonyl (C=S) groups is 1. The van der Waals surface area contributed by atoms with Gasteiger partial charge in [0, 0.05) is 24.1 Å². The molecule has 0 unspecified atom stereocenters. The van der Waals surface area contributed by atoms with Gasteiger partial charge < -0.3 is 9.64 Å². The zero-order chi connectivity index (χ0) is 18.8. The van der Waals surface area contributed by atoms with Gasteiger partial charge in [-0.2, -0.15) is 0 Å². The number of ether oxygens (including phenoxy) is 1. The van der Waals surface area contributed by atoms with Gasteiger partial charge in [0.05, 0.1) is 22.7 Å². The van der Waals surface area contributed by atoms with Crippen LogP contribution in [0.5, 0.6) is 5.75 Å².